The molecule has 2 aliphatic heterocycles. The van der Waals surface area contributed by atoms with Crippen LogP contribution >= 0.6 is 0 Å². The van der Waals surface area contributed by atoms with Crippen molar-refractivity contribution in [3.05, 3.63) is 54.4 Å². The van der Waals surface area contributed by atoms with Gasteiger partial charge in [0.1, 0.15) is 5.69 Å². The highest BCUT2D eigenvalue weighted by Crippen LogP contribution is 2.26. The molecule has 0 N–H and O–H groups in total. The second-order valence-electron chi connectivity index (χ2n) is 8.35. The van der Waals surface area contributed by atoms with Gasteiger partial charge < -0.3 is 19.1 Å². The molecule has 164 valence electrons. The van der Waals surface area contributed by atoms with E-state index >= 15 is 0 Å². The van der Waals surface area contributed by atoms with Crippen molar-refractivity contribution in [2.24, 2.45) is 13.0 Å². The summed E-state index contributed by atoms with van der Waals surface area (Å²) >= 11 is 0. The molecule has 2 aromatic rings. The number of anilines is 1. The second kappa shape index (κ2) is 9.37. The van der Waals surface area contributed by atoms with E-state index < -0.39 is 5.92 Å². The number of aryl methyl sites for hydroxylation is 1. The SMILES string of the molecule is Cn1cccc1C(=O)N1CCCCC1CCOC(=O)C1CC(=O)N(c2ccccc2)C1. The average Bonchev–Trinajstić information content (AvgIpc) is 3.39. The fourth-order valence-electron chi connectivity index (χ4n) is 4.53. The highest BCUT2D eigenvalue weighted by atomic mass is 16.5. The summed E-state index contributed by atoms with van der Waals surface area (Å²) in [5.74, 6) is -0.800. The van der Waals surface area contributed by atoms with Crippen LogP contribution in [0, 0.1) is 5.92 Å². The molecule has 2 amide bonds. The molecule has 2 fully saturated rings. The van der Waals surface area contributed by atoms with Crippen LogP contribution in [0.3, 0.4) is 0 Å². The zero-order chi connectivity index (χ0) is 21.8. The van der Waals surface area contributed by atoms with Crippen molar-refractivity contribution in [3.8, 4) is 0 Å². The Morgan fingerprint density at radius 2 is 1.90 bits per heavy atom. The molecule has 1 aromatic carbocycles. The van der Waals surface area contributed by atoms with Gasteiger partial charge in [-0.05, 0) is 43.5 Å². The molecule has 2 saturated heterocycles. The predicted molar refractivity (Wildman–Crippen MR) is 117 cm³/mol. The largest absolute Gasteiger partial charge is 0.465 e. The van der Waals surface area contributed by atoms with Gasteiger partial charge in [-0.3, -0.25) is 14.4 Å². The molecule has 7 nitrogen and oxygen atoms in total. The second-order valence-corrected chi connectivity index (χ2v) is 8.35. The molecule has 3 heterocycles. The molecule has 2 aliphatic rings. The van der Waals surface area contributed by atoms with Crippen molar-refractivity contribution in [1.82, 2.24) is 9.47 Å². The summed E-state index contributed by atoms with van der Waals surface area (Å²) in [5.41, 5.74) is 1.48. The fourth-order valence-corrected chi connectivity index (χ4v) is 4.53. The third-order valence-electron chi connectivity index (χ3n) is 6.27. The van der Waals surface area contributed by atoms with Gasteiger partial charge in [-0.25, -0.2) is 0 Å². The topological polar surface area (TPSA) is 71.8 Å². The Morgan fingerprint density at radius 1 is 1.10 bits per heavy atom. The number of carbonyl (C=O) groups is 3. The summed E-state index contributed by atoms with van der Waals surface area (Å²) < 4.78 is 7.38. The number of amides is 2. The van der Waals surface area contributed by atoms with Crippen LogP contribution in [0.25, 0.3) is 0 Å². The number of carbonyl (C=O) groups excluding carboxylic acids is 3. The normalized spacial score (nSPS) is 21.4. The summed E-state index contributed by atoms with van der Waals surface area (Å²) in [7, 11) is 1.87. The molecule has 0 spiro atoms. The lowest BCUT2D eigenvalue weighted by Gasteiger charge is -2.35. The number of esters is 1. The summed E-state index contributed by atoms with van der Waals surface area (Å²) in [5, 5.41) is 0. The molecule has 0 saturated carbocycles. The number of aromatic nitrogens is 1. The van der Waals surface area contributed by atoms with Crippen molar-refractivity contribution in [2.45, 2.75) is 38.1 Å². The van der Waals surface area contributed by atoms with Crippen LogP contribution in [0.2, 0.25) is 0 Å². The van der Waals surface area contributed by atoms with Crippen LogP contribution in [0.15, 0.2) is 48.7 Å². The number of benzene rings is 1. The smallest absolute Gasteiger partial charge is 0.311 e. The molecule has 0 bridgehead atoms. The van der Waals surface area contributed by atoms with Crippen LogP contribution < -0.4 is 4.90 Å². The maximum absolute atomic E-state index is 13.0. The Hall–Kier alpha value is -3.09. The molecule has 7 heteroatoms. The van der Waals surface area contributed by atoms with Gasteiger partial charge in [0.25, 0.3) is 5.91 Å². The Bertz CT molecular complexity index is 939. The highest BCUT2D eigenvalue weighted by molar-refractivity contribution is 5.99. The number of para-hydroxylation sites is 1. The van der Waals surface area contributed by atoms with Gasteiger partial charge in [0.05, 0.1) is 12.5 Å². The summed E-state index contributed by atoms with van der Waals surface area (Å²) in [6.45, 7) is 1.34. The van der Waals surface area contributed by atoms with E-state index in [1.807, 2.05) is 65.2 Å². The lowest BCUT2D eigenvalue weighted by atomic mass is 9.99. The van der Waals surface area contributed by atoms with E-state index in [1.54, 1.807) is 4.90 Å². The molecule has 4 rings (SSSR count). The van der Waals surface area contributed by atoms with E-state index in [1.165, 1.54) is 0 Å². The quantitative estimate of drug-likeness (QED) is 0.670. The van der Waals surface area contributed by atoms with E-state index in [9.17, 15) is 14.4 Å². The molecular weight excluding hydrogens is 394 g/mol. The summed E-state index contributed by atoms with van der Waals surface area (Å²) in [6, 6.07) is 13.2. The maximum atomic E-state index is 13.0. The van der Waals surface area contributed by atoms with Gasteiger partial charge in [0.15, 0.2) is 0 Å². The number of nitrogens with zero attached hydrogens (tertiary/aromatic N) is 3. The van der Waals surface area contributed by atoms with Gasteiger partial charge in [0.2, 0.25) is 5.91 Å². The van der Waals surface area contributed by atoms with Gasteiger partial charge >= 0.3 is 5.97 Å². The van der Waals surface area contributed by atoms with Crippen LogP contribution in [-0.4, -0.2) is 53.0 Å². The van der Waals surface area contributed by atoms with E-state index in [0.717, 1.165) is 31.5 Å². The number of likely N-dealkylation sites (tertiary alicyclic amines) is 1. The zero-order valence-corrected chi connectivity index (χ0v) is 17.9. The lowest BCUT2D eigenvalue weighted by molar-refractivity contribution is -0.148. The maximum Gasteiger partial charge on any atom is 0.311 e. The van der Waals surface area contributed by atoms with E-state index in [4.69, 9.17) is 4.74 Å². The minimum Gasteiger partial charge on any atom is -0.465 e. The van der Waals surface area contributed by atoms with Crippen LogP contribution in [0.4, 0.5) is 5.69 Å². The van der Waals surface area contributed by atoms with Crippen molar-refractivity contribution in [2.75, 3.05) is 24.6 Å². The Labute approximate surface area is 182 Å². The average molecular weight is 424 g/mol. The highest BCUT2D eigenvalue weighted by Gasteiger charge is 2.36. The van der Waals surface area contributed by atoms with Gasteiger partial charge in [-0.15, -0.1) is 0 Å². The van der Waals surface area contributed by atoms with E-state index in [2.05, 4.69) is 0 Å². The van der Waals surface area contributed by atoms with Crippen LogP contribution in [-0.2, 0) is 21.4 Å². The number of rotatable bonds is 6. The molecule has 0 aliphatic carbocycles. The number of piperidine rings is 1. The Balaban J connectivity index is 1.30. The summed E-state index contributed by atoms with van der Waals surface area (Å²) in [6.07, 6.45) is 5.64. The van der Waals surface area contributed by atoms with Crippen LogP contribution in [0.1, 0.15) is 42.6 Å². The fraction of sp³-hybridized carbons (Fsp3) is 0.458. The third kappa shape index (κ3) is 4.65. The first-order chi connectivity index (χ1) is 15.0. The first kappa shape index (κ1) is 21.2. The Kier molecular flexibility index (Phi) is 6.39. The first-order valence-electron chi connectivity index (χ1n) is 11.0. The third-order valence-corrected chi connectivity index (χ3v) is 6.27. The number of hydrogen-bond acceptors (Lipinski definition) is 4. The minimum absolute atomic E-state index is 0.0309. The lowest BCUT2D eigenvalue weighted by Crippen LogP contribution is -2.45. The predicted octanol–water partition coefficient (Wildman–Crippen LogP) is 3.01. The van der Waals surface area contributed by atoms with Crippen molar-refractivity contribution >= 4 is 23.5 Å². The van der Waals surface area contributed by atoms with Crippen molar-refractivity contribution in [1.29, 1.82) is 0 Å². The number of ether oxygens (including phenoxy) is 1. The van der Waals surface area contributed by atoms with Crippen molar-refractivity contribution < 1.29 is 19.1 Å². The van der Waals surface area contributed by atoms with Gasteiger partial charge in [-0.1, -0.05) is 18.2 Å². The Morgan fingerprint density at radius 3 is 2.65 bits per heavy atom. The monoisotopic (exact) mass is 423 g/mol. The van der Waals surface area contributed by atoms with E-state index in [0.29, 0.717) is 18.7 Å². The van der Waals surface area contributed by atoms with Crippen LogP contribution in [0.5, 0.6) is 0 Å². The number of hydrogen-bond donors (Lipinski definition) is 0. The molecule has 0 radical (unpaired) electrons. The minimum atomic E-state index is -0.444. The molecule has 2 unspecified atom stereocenters. The first-order valence-corrected chi connectivity index (χ1v) is 11.0. The van der Waals surface area contributed by atoms with Gasteiger partial charge in [0, 0.05) is 50.9 Å². The summed E-state index contributed by atoms with van der Waals surface area (Å²) in [4.78, 5) is 41.4. The van der Waals surface area contributed by atoms with E-state index in [-0.39, 0.29) is 36.9 Å². The molecular formula is C24H29N3O4. The standard InChI is InChI=1S/C24H29N3O4/c1-25-13-7-11-21(25)23(29)26-14-6-5-10-20(26)12-15-31-24(30)18-16-22(28)27(17-18)19-8-3-2-4-9-19/h2-4,7-9,11,13,18,20H,5-6,10,12,14-17H2,1H3. The molecule has 31 heavy (non-hydrogen) atoms. The zero-order valence-electron chi connectivity index (χ0n) is 17.9. The molecule has 1 aromatic heterocycles. The van der Waals surface area contributed by atoms with Gasteiger partial charge in [-0.2, -0.15) is 0 Å². The van der Waals surface area contributed by atoms with Crippen molar-refractivity contribution in [3.63, 3.8) is 0 Å². The molecule has 2 atom stereocenters.